The molecule has 3 aromatic carbocycles. The number of hydrogen-bond acceptors (Lipinski definition) is 5. The lowest BCUT2D eigenvalue weighted by atomic mass is 9.89. The summed E-state index contributed by atoms with van der Waals surface area (Å²) in [6, 6.07) is 21.2. The second-order valence-corrected chi connectivity index (χ2v) is 8.40. The molecule has 0 fully saturated rings. The summed E-state index contributed by atoms with van der Waals surface area (Å²) in [5.41, 5.74) is 4.13. The first kappa shape index (κ1) is 24.0. The minimum Gasteiger partial charge on any atom is -0.480 e. The largest absolute Gasteiger partial charge is 0.480 e. The Morgan fingerprint density at radius 2 is 1.40 bits per heavy atom. The molecule has 0 heterocycles. The van der Waals surface area contributed by atoms with E-state index in [1.165, 1.54) is 6.92 Å². The third-order valence-corrected chi connectivity index (χ3v) is 6.03. The van der Waals surface area contributed by atoms with Gasteiger partial charge in [0.15, 0.2) is 0 Å². The smallest absolute Gasteiger partial charge is 0.408 e. The summed E-state index contributed by atoms with van der Waals surface area (Å²) in [6.07, 6.45) is -2.20. The van der Waals surface area contributed by atoms with Gasteiger partial charge < -0.3 is 25.6 Å². The molecule has 0 saturated heterocycles. The number of carbonyl (C=O) groups excluding carboxylic acids is 2. The van der Waals surface area contributed by atoms with Gasteiger partial charge in [0, 0.05) is 5.92 Å². The van der Waals surface area contributed by atoms with Crippen LogP contribution in [0.25, 0.3) is 11.1 Å². The number of aliphatic carboxylic acids is 1. The highest BCUT2D eigenvalue weighted by atomic mass is 16.5. The van der Waals surface area contributed by atoms with Crippen LogP contribution in [0.2, 0.25) is 0 Å². The standard InChI is InChI=1S/C27H26N2O6/c1-16(30)23(29-27(34)35-15-17-9-3-2-4-10-17)25(31)28-24(26(32)33)22-20-13-7-5-11-18(20)19-12-6-8-14-21(19)22/h2-14,16,22-24,30H,15H2,1H3,(H,28,31)(H,29,34)(H,32,33)/t16-,23+,24-/m1/s1. The highest BCUT2D eigenvalue weighted by molar-refractivity contribution is 5.92. The van der Waals surface area contributed by atoms with Gasteiger partial charge in [-0.25, -0.2) is 9.59 Å². The highest BCUT2D eigenvalue weighted by Gasteiger charge is 2.40. The maximum Gasteiger partial charge on any atom is 0.408 e. The molecule has 8 heteroatoms. The summed E-state index contributed by atoms with van der Waals surface area (Å²) in [5, 5.41) is 25.1. The minimum absolute atomic E-state index is 0.0196. The van der Waals surface area contributed by atoms with E-state index in [4.69, 9.17) is 4.74 Å². The normalized spacial score (nSPS) is 14.7. The number of aliphatic hydroxyl groups excluding tert-OH is 1. The second-order valence-electron chi connectivity index (χ2n) is 8.40. The van der Waals surface area contributed by atoms with E-state index in [9.17, 15) is 24.6 Å². The number of amides is 2. The van der Waals surface area contributed by atoms with Crippen LogP contribution in [-0.2, 0) is 20.9 Å². The van der Waals surface area contributed by atoms with Crippen LogP contribution in [0, 0.1) is 0 Å². The average Bonchev–Trinajstić information content (AvgIpc) is 3.19. The van der Waals surface area contributed by atoms with Crippen molar-refractivity contribution in [3.63, 3.8) is 0 Å². The van der Waals surface area contributed by atoms with E-state index in [1.807, 2.05) is 54.6 Å². The second kappa shape index (κ2) is 10.4. The van der Waals surface area contributed by atoms with Gasteiger partial charge in [0.05, 0.1) is 6.10 Å². The Kier molecular flexibility index (Phi) is 7.12. The number of alkyl carbamates (subject to hydrolysis) is 1. The molecule has 0 bridgehead atoms. The van der Waals surface area contributed by atoms with Crippen LogP contribution in [0.1, 0.15) is 29.5 Å². The van der Waals surface area contributed by atoms with Crippen molar-refractivity contribution in [1.82, 2.24) is 10.6 Å². The van der Waals surface area contributed by atoms with Crippen molar-refractivity contribution in [3.8, 4) is 11.1 Å². The summed E-state index contributed by atoms with van der Waals surface area (Å²) >= 11 is 0. The van der Waals surface area contributed by atoms with E-state index >= 15 is 0 Å². The number of benzene rings is 3. The Labute approximate surface area is 202 Å². The molecular formula is C27H26N2O6. The van der Waals surface area contributed by atoms with Gasteiger partial charge in [-0.3, -0.25) is 4.79 Å². The number of carboxylic acid groups (broad SMARTS) is 1. The number of hydrogen-bond donors (Lipinski definition) is 4. The van der Waals surface area contributed by atoms with Gasteiger partial charge in [-0.2, -0.15) is 0 Å². The molecule has 0 radical (unpaired) electrons. The first-order valence-electron chi connectivity index (χ1n) is 11.2. The molecule has 0 saturated carbocycles. The molecule has 35 heavy (non-hydrogen) atoms. The van der Waals surface area contributed by atoms with Crippen LogP contribution >= 0.6 is 0 Å². The number of nitrogens with one attached hydrogen (secondary N) is 2. The van der Waals surface area contributed by atoms with Crippen molar-refractivity contribution in [2.24, 2.45) is 0 Å². The minimum atomic E-state index is -1.41. The maximum atomic E-state index is 13.1. The molecule has 0 unspecified atom stereocenters. The Morgan fingerprint density at radius 1 is 0.857 bits per heavy atom. The number of carbonyl (C=O) groups is 3. The first-order chi connectivity index (χ1) is 16.9. The zero-order chi connectivity index (χ0) is 24.9. The number of carboxylic acids is 1. The SMILES string of the molecule is C[C@@H](O)[C@H](NC(=O)OCc1ccccc1)C(=O)N[C@@H](C(=O)O)C1c2ccccc2-c2ccccc21. The van der Waals surface area contributed by atoms with Crippen LogP contribution in [0.3, 0.4) is 0 Å². The average molecular weight is 475 g/mol. The molecule has 180 valence electrons. The maximum absolute atomic E-state index is 13.1. The van der Waals surface area contributed by atoms with E-state index in [-0.39, 0.29) is 6.61 Å². The molecule has 0 aliphatic heterocycles. The van der Waals surface area contributed by atoms with Crippen LogP contribution in [-0.4, -0.2) is 46.4 Å². The number of aliphatic hydroxyl groups is 1. The first-order valence-corrected chi connectivity index (χ1v) is 11.2. The monoisotopic (exact) mass is 474 g/mol. The van der Waals surface area contributed by atoms with Crippen molar-refractivity contribution in [1.29, 1.82) is 0 Å². The van der Waals surface area contributed by atoms with Gasteiger partial charge in [-0.15, -0.1) is 0 Å². The number of rotatable bonds is 8. The lowest BCUT2D eigenvalue weighted by Crippen LogP contribution is -2.56. The molecule has 0 aromatic heterocycles. The topological polar surface area (TPSA) is 125 Å². The fourth-order valence-electron chi connectivity index (χ4n) is 4.38. The van der Waals surface area contributed by atoms with Crippen LogP contribution in [0.5, 0.6) is 0 Å². The van der Waals surface area contributed by atoms with E-state index in [1.54, 1.807) is 24.3 Å². The van der Waals surface area contributed by atoms with Gasteiger partial charge in [0.25, 0.3) is 0 Å². The van der Waals surface area contributed by atoms with Crippen molar-refractivity contribution < 1.29 is 29.3 Å². The summed E-state index contributed by atoms with van der Waals surface area (Å²) in [6.45, 7) is 1.31. The number of fused-ring (bicyclic) bond motifs is 3. The molecular weight excluding hydrogens is 448 g/mol. The van der Waals surface area contributed by atoms with Crippen LogP contribution < -0.4 is 10.6 Å². The molecule has 4 rings (SSSR count). The third kappa shape index (κ3) is 5.17. The Hall–Kier alpha value is -4.17. The molecule has 2 amide bonds. The van der Waals surface area contributed by atoms with Crippen molar-refractivity contribution in [3.05, 3.63) is 95.6 Å². The van der Waals surface area contributed by atoms with Gasteiger partial charge in [-0.05, 0) is 34.7 Å². The van der Waals surface area contributed by atoms with E-state index < -0.39 is 42.1 Å². The fourth-order valence-corrected chi connectivity index (χ4v) is 4.38. The fraction of sp³-hybridized carbons (Fsp3) is 0.222. The third-order valence-electron chi connectivity index (χ3n) is 6.03. The molecule has 3 atom stereocenters. The quantitative estimate of drug-likeness (QED) is 0.398. The zero-order valence-corrected chi connectivity index (χ0v) is 19.0. The molecule has 1 aliphatic rings. The summed E-state index contributed by atoms with van der Waals surface area (Å²) in [4.78, 5) is 37.7. The summed E-state index contributed by atoms with van der Waals surface area (Å²) in [7, 11) is 0. The van der Waals surface area contributed by atoms with Gasteiger partial charge in [0.2, 0.25) is 5.91 Å². The van der Waals surface area contributed by atoms with E-state index in [0.717, 1.165) is 27.8 Å². The number of ether oxygens (including phenoxy) is 1. The predicted molar refractivity (Wildman–Crippen MR) is 129 cm³/mol. The highest BCUT2D eigenvalue weighted by Crippen LogP contribution is 2.46. The zero-order valence-electron chi connectivity index (χ0n) is 19.0. The Bertz CT molecular complexity index is 1180. The van der Waals surface area contributed by atoms with Gasteiger partial charge >= 0.3 is 12.1 Å². The Balaban J connectivity index is 1.51. The molecule has 8 nitrogen and oxygen atoms in total. The van der Waals surface area contributed by atoms with E-state index in [2.05, 4.69) is 10.6 Å². The van der Waals surface area contributed by atoms with Crippen molar-refractivity contribution >= 4 is 18.0 Å². The van der Waals surface area contributed by atoms with Crippen LogP contribution in [0.4, 0.5) is 4.79 Å². The molecule has 4 N–H and O–H groups in total. The molecule has 1 aliphatic carbocycles. The molecule has 3 aromatic rings. The van der Waals surface area contributed by atoms with E-state index in [0.29, 0.717) is 0 Å². The summed E-state index contributed by atoms with van der Waals surface area (Å²) < 4.78 is 5.15. The van der Waals surface area contributed by atoms with Crippen molar-refractivity contribution in [2.45, 2.75) is 37.6 Å². The van der Waals surface area contributed by atoms with Crippen molar-refractivity contribution in [2.75, 3.05) is 0 Å². The lowest BCUT2D eigenvalue weighted by Gasteiger charge is -2.27. The summed E-state index contributed by atoms with van der Waals surface area (Å²) in [5.74, 6) is -2.69. The Morgan fingerprint density at radius 3 is 1.94 bits per heavy atom. The van der Waals surface area contributed by atoms with Gasteiger partial charge in [-0.1, -0.05) is 78.9 Å². The lowest BCUT2D eigenvalue weighted by molar-refractivity contribution is -0.143. The van der Waals surface area contributed by atoms with Gasteiger partial charge in [0.1, 0.15) is 18.7 Å². The predicted octanol–water partition coefficient (Wildman–Crippen LogP) is 3.04. The van der Waals surface area contributed by atoms with Crippen LogP contribution in [0.15, 0.2) is 78.9 Å². The molecule has 0 spiro atoms.